The molecule has 0 fully saturated rings. The van der Waals surface area contributed by atoms with Gasteiger partial charge in [-0.25, -0.2) is 0 Å². The van der Waals surface area contributed by atoms with E-state index in [0.29, 0.717) is 24.1 Å². The van der Waals surface area contributed by atoms with Crippen LogP contribution in [0.1, 0.15) is 16.0 Å². The molecule has 3 heterocycles. The number of carbonyl (C=O) groups excluding carboxylic acids is 1. The lowest BCUT2D eigenvalue weighted by Crippen LogP contribution is -2.35. The second kappa shape index (κ2) is 9.66. The van der Waals surface area contributed by atoms with Crippen LogP contribution in [0.15, 0.2) is 81.7 Å². The van der Waals surface area contributed by atoms with Gasteiger partial charge in [-0.2, -0.15) is 15.1 Å². The second-order valence-electron chi connectivity index (χ2n) is 7.48. The van der Waals surface area contributed by atoms with Crippen molar-refractivity contribution in [2.24, 2.45) is 10.1 Å². The van der Waals surface area contributed by atoms with Crippen LogP contribution in [0.25, 0.3) is 6.08 Å². The van der Waals surface area contributed by atoms with Gasteiger partial charge in [-0.15, -0.1) is 11.3 Å². The molecule has 0 radical (unpaired) electrons. The van der Waals surface area contributed by atoms with E-state index in [2.05, 4.69) is 10.1 Å². The number of nitrogens with zero attached hydrogens (tertiary/aromatic N) is 3. The summed E-state index contributed by atoms with van der Waals surface area (Å²) in [6, 6.07) is 19.1. The summed E-state index contributed by atoms with van der Waals surface area (Å²) in [5.74, 6) is 1.08. The maximum Gasteiger partial charge on any atom is 0.283 e. The van der Waals surface area contributed by atoms with Gasteiger partial charge in [-0.1, -0.05) is 35.9 Å². The van der Waals surface area contributed by atoms with E-state index in [1.54, 1.807) is 17.4 Å². The third kappa shape index (κ3) is 4.80. The molecular formula is C25H20N4O3S2. The molecule has 1 aromatic heterocycles. The quantitative estimate of drug-likeness (QED) is 0.366. The summed E-state index contributed by atoms with van der Waals surface area (Å²) in [6.07, 6.45) is 1.65. The molecule has 1 amide bonds. The number of amides is 1. The molecule has 9 heteroatoms. The van der Waals surface area contributed by atoms with Crippen molar-refractivity contribution < 1.29 is 14.3 Å². The first-order valence-corrected chi connectivity index (χ1v) is 12.2. The van der Waals surface area contributed by atoms with Crippen LogP contribution in [0, 0.1) is 12.3 Å². The van der Waals surface area contributed by atoms with Gasteiger partial charge < -0.3 is 9.47 Å². The molecule has 5 rings (SSSR count). The highest BCUT2D eigenvalue weighted by atomic mass is 32.2. The summed E-state index contributed by atoms with van der Waals surface area (Å²) in [6.45, 7) is 2.88. The Morgan fingerprint density at radius 1 is 1.00 bits per heavy atom. The average molecular weight is 489 g/mol. The first-order chi connectivity index (χ1) is 16.6. The zero-order valence-electron chi connectivity index (χ0n) is 18.2. The first kappa shape index (κ1) is 22.1. The summed E-state index contributed by atoms with van der Waals surface area (Å²) in [7, 11) is 0. The molecule has 0 saturated heterocycles. The topological polar surface area (TPSA) is 87.3 Å². The number of aryl methyl sites for hydroxylation is 1. The summed E-state index contributed by atoms with van der Waals surface area (Å²) >= 11 is 2.85. The number of nitrogens with one attached hydrogen (secondary N) is 1. The molecule has 1 N–H and O–H groups in total. The van der Waals surface area contributed by atoms with Crippen LogP contribution in [0.4, 0.5) is 0 Å². The molecule has 2 aliphatic rings. The molecule has 0 spiro atoms. The number of hydrogen-bond donors (Lipinski definition) is 1. The zero-order chi connectivity index (χ0) is 23.5. The van der Waals surface area contributed by atoms with Crippen LogP contribution in [-0.4, -0.2) is 40.2 Å². The summed E-state index contributed by atoms with van der Waals surface area (Å²) in [5, 5.41) is 17.5. The van der Waals surface area contributed by atoms with E-state index < -0.39 is 5.91 Å². The highest BCUT2D eigenvalue weighted by molar-refractivity contribution is 8.27. The minimum atomic E-state index is -0.444. The number of rotatable bonds is 7. The summed E-state index contributed by atoms with van der Waals surface area (Å²) < 4.78 is 11.4. The van der Waals surface area contributed by atoms with Crippen molar-refractivity contribution in [1.29, 1.82) is 5.41 Å². The maximum atomic E-state index is 12.6. The fourth-order valence-electron chi connectivity index (χ4n) is 3.27. The Bertz CT molecular complexity index is 1310. The van der Waals surface area contributed by atoms with Gasteiger partial charge >= 0.3 is 0 Å². The van der Waals surface area contributed by atoms with Crippen molar-refractivity contribution in [2.75, 3.05) is 13.2 Å². The van der Waals surface area contributed by atoms with Crippen molar-refractivity contribution in [3.63, 3.8) is 0 Å². The number of aliphatic imine (C=N–C) groups is 1. The molecule has 34 heavy (non-hydrogen) atoms. The van der Waals surface area contributed by atoms with E-state index in [9.17, 15) is 4.79 Å². The van der Waals surface area contributed by atoms with Crippen molar-refractivity contribution in [3.05, 3.63) is 87.6 Å². The molecule has 3 aromatic rings. The SMILES string of the molecule is Cc1ccc(OCCOc2ccc(C=C3C(=N)N4N=C(c5cccs5)SC4=NC3=O)cc2)cc1. The van der Waals surface area contributed by atoms with Crippen LogP contribution in [0.2, 0.25) is 0 Å². The van der Waals surface area contributed by atoms with Gasteiger partial charge in [-0.05, 0) is 66.0 Å². The van der Waals surface area contributed by atoms with Gasteiger partial charge in [0, 0.05) is 0 Å². The molecule has 0 aliphatic carbocycles. The van der Waals surface area contributed by atoms with Crippen LogP contribution in [0.3, 0.4) is 0 Å². The number of fused-ring (bicyclic) bond motifs is 1. The van der Waals surface area contributed by atoms with Crippen molar-refractivity contribution in [1.82, 2.24) is 5.01 Å². The van der Waals surface area contributed by atoms with E-state index in [4.69, 9.17) is 14.9 Å². The number of carbonyl (C=O) groups is 1. The molecule has 0 atom stereocenters. The number of ether oxygens (including phenoxy) is 2. The number of thiophene rings is 1. The summed E-state index contributed by atoms with van der Waals surface area (Å²) in [4.78, 5) is 17.7. The standard InChI is InChI=1S/C25H20N4O3S2/c1-16-4-8-18(9-5-16)31-12-13-32-19-10-6-17(7-11-19)15-20-22(26)29-25(27-23(20)30)34-24(28-29)21-3-2-14-33-21/h2-11,14-15,26H,12-13H2,1H3. The van der Waals surface area contributed by atoms with Gasteiger partial charge in [-0.3, -0.25) is 10.2 Å². The van der Waals surface area contributed by atoms with Crippen molar-refractivity contribution >= 4 is 51.1 Å². The maximum absolute atomic E-state index is 12.6. The van der Waals surface area contributed by atoms with Crippen molar-refractivity contribution in [2.45, 2.75) is 6.92 Å². The van der Waals surface area contributed by atoms with E-state index in [1.165, 1.54) is 22.3 Å². The van der Waals surface area contributed by atoms with Crippen LogP contribution in [-0.2, 0) is 4.79 Å². The smallest absolute Gasteiger partial charge is 0.283 e. The van der Waals surface area contributed by atoms with Gasteiger partial charge in [0.1, 0.15) is 29.8 Å². The molecule has 0 bridgehead atoms. The normalized spacial score (nSPS) is 16.4. The third-order valence-electron chi connectivity index (χ3n) is 5.02. The van der Waals surface area contributed by atoms with Gasteiger partial charge in [0.15, 0.2) is 5.84 Å². The van der Waals surface area contributed by atoms with Gasteiger partial charge in [0.2, 0.25) is 5.17 Å². The monoisotopic (exact) mass is 488 g/mol. The highest BCUT2D eigenvalue weighted by Gasteiger charge is 2.36. The number of hydrazone groups is 1. The fourth-order valence-corrected chi connectivity index (χ4v) is 4.96. The molecule has 2 aliphatic heterocycles. The molecule has 0 saturated carbocycles. The minimum Gasteiger partial charge on any atom is -0.490 e. The Hall–Kier alpha value is -3.69. The van der Waals surface area contributed by atoms with Crippen LogP contribution in [0.5, 0.6) is 11.5 Å². The second-order valence-corrected chi connectivity index (χ2v) is 9.39. The summed E-state index contributed by atoms with van der Waals surface area (Å²) in [5.41, 5.74) is 2.15. The Kier molecular flexibility index (Phi) is 6.29. The third-order valence-corrected chi connectivity index (χ3v) is 6.97. The lowest BCUT2D eigenvalue weighted by molar-refractivity contribution is -0.114. The Balaban J connectivity index is 1.21. The molecule has 170 valence electrons. The number of hydrogen-bond acceptors (Lipinski definition) is 7. The van der Waals surface area contributed by atoms with Crippen LogP contribution >= 0.6 is 23.1 Å². The van der Waals surface area contributed by atoms with Crippen molar-refractivity contribution in [3.8, 4) is 11.5 Å². The van der Waals surface area contributed by atoms with E-state index in [-0.39, 0.29) is 11.4 Å². The lowest BCUT2D eigenvalue weighted by atomic mass is 10.1. The van der Waals surface area contributed by atoms with Gasteiger partial charge in [0.25, 0.3) is 5.91 Å². The fraction of sp³-hybridized carbons (Fsp3) is 0.120. The lowest BCUT2D eigenvalue weighted by Gasteiger charge is -2.20. The predicted octanol–water partition coefficient (Wildman–Crippen LogP) is 5.18. The van der Waals surface area contributed by atoms with E-state index in [0.717, 1.165) is 21.2 Å². The molecule has 0 unspecified atom stereocenters. The molecule has 7 nitrogen and oxygen atoms in total. The highest BCUT2D eigenvalue weighted by Crippen LogP contribution is 2.32. The Labute approximate surface area is 204 Å². The van der Waals surface area contributed by atoms with Gasteiger partial charge in [0.05, 0.1) is 10.5 Å². The molecular weight excluding hydrogens is 468 g/mol. The average Bonchev–Trinajstić information content (AvgIpc) is 3.52. The van der Waals surface area contributed by atoms with E-state index in [1.807, 2.05) is 73.0 Å². The van der Waals surface area contributed by atoms with Crippen LogP contribution < -0.4 is 9.47 Å². The predicted molar refractivity (Wildman–Crippen MR) is 137 cm³/mol. The zero-order valence-corrected chi connectivity index (χ0v) is 19.9. The number of benzene rings is 2. The first-order valence-electron chi connectivity index (χ1n) is 10.5. The number of amidine groups is 2. The largest absolute Gasteiger partial charge is 0.490 e. The van der Waals surface area contributed by atoms with E-state index >= 15 is 0 Å². The number of thioether (sulfide) groups is 1. The molecule has 2 aromatic carbocycles. The Morgan fingerprint density at radius 3 is 2.32 bits per heavy atom. The Morgan fingerprint density at radius 2 is 1.68 bits per heavy atom. The minimum absolute atomic E-state index is 0.0163.